The van der Waals surface area contributed by atoms with Crippen molar-refractivity contribution in [2.75, 3.05) is 19.4 Å². The Kier molecular flexibility index (Phi) is 6.71. The number of rotatable bonds is 7. The van der Waals surface area contributed by atoms with E-state index < -0.39 is 10.0 Å². The molecule has 0 aliphatic heterocycles. The Bertz CT molecular complexity index is 1130. The van der Waals surface area contributed by atoms with Gasteiger partial charge >= 0.3 is 0 Å². The SMILES string of the molecule is CN(C)S(=O)(=O)c1ccccc1CN=C(N)Nc1cccc(Oc2ccccc2)c1. The number of sulfonamides is 1. The molecule has 0 bridgehead atoms. The zero-order valence-electron chi connectivity index (χ0n) is 16.8. The Labute approximate surface area is 176 Å². The van der Waals surface area contributed by atoms with Crippen molar-refractivity contribution in [3.05, 3.63) is 84.4 Å². The van der Waals surface area contributed by atoms with E-state index in [1.165, 1.54) is 18.4 Å². The van der Waals surface area contributed by atoms with Crippen LogP contribution < -0.4 is 15.8 Å². The summed E-state index contributed by atoms with van der Waals surface area (Å²) in [5.74, 6) is 1.56. The number of guanidine groups is 1. The molecule has 0 aromatic heterocycles. The summed E-state index contributed by atoms with van der Waals surface area (Å²) in [6, 6.07) is 23.5. The maximum Gasteiger partial charge on any atom is 0.242 e. The third-order valence-corrected chi connectivity index (χ3v) is 6.15. The molecule has 0 saturated carbocycles. The molecule has 8 heteroatoms. The summed E-state index contributed by atoms with van der Waals surface area (Å²) < 4.78 is 32.0. The number of hydrogen-bond acceptors (Lipinski definition) is 4. The van der Waals surface area contributed by atoms with Crippen LogP contribution in [0.1, 0.15) is 5.56 Å². The summed E-state index contributed by atoms with van der Waals surface area (Å²) in [4.78, 5) is 4.51. The van der Waals surface area contributed by atoms with Gasteiger partial charge in [-0.25, -0.2) is 17.7 Å². The number of nitrogens with zero attached hydrogens (tertiary/aromatic N) is 2. The fourth-order valence-corrected chi connectivity index (χ4v) is 3.81. The third kappa shape index (κ3) is 5.37. The van der Waals surface area contributed by atoms with Crippen molar-refractivity contribution in [3.63, 3.8) is 0 Å². The number of para-hydroxylation sites is 1. The highest BCUT2D eigenvalue weighted by Crippen LogP contribution is 2.24. The molecule has 0 fully saturated rings. The molecular weight excluding hydrogens is 400 g/mol. The van der Waals surface area contributed by atoms with Crippen molar-refractivity contribution in [2.45, 2.75) is 11.4 Å². The summed E-state index contributed by atoms with van der Waals surface area (Å²) in [6.07, 6.45) is 0. The van der Waals surface area contributed by atoms with Gasteiger partial charge in [-0.3, -0.25) is 0 Å². The smallest absolute Gasteiger partial charge is 0.242 e. The van der Waals surface area contributed by atoms with Gasteiger partial charge in [0.15, 0.2) is 5.96 Å². The molecule has 7 nitrogen and oxygen atoms in total. The van der Waals surface area contributed by atoms with E-state index in [1.54, 1.807) is 30.3 Å². The summed E-state index contributed by atoms with van der Waals surface area (Å²) in [7, 11) is -0.572. The van der Waals surface area contributed by atoms with Gasteiger partial charge in [-0.1, -0.05) is 42.5 Å². The lowest BCUT2D eigenvalue weighted by Crippen LogP contribution is -2.24. The lowest BCUT2D eigenvalue weighted by molar-refractivity contribution is 0.483. The van der Waals surface area contributed by atoms with Crippen molar-refractivity contribution in [3.8, 4) is 11.5 Å². The lowest BCUT2D eigenvalue weighted by Gasteiger charge is -2.14. The monoisotopic (exact) mass is 424 g/mol. The Morgan fingerprint density at radius 1 is 0.967 bits per heavy atom. The number of nitrogens with two attached hydrogens (primary N) is 1. The highest BCUT2D eigenvalue weighted by Gasteiger charge is 2.20. The van der Waals surface area contributed by atoms with Crippen molar-refractivity contribution in [1.82, 2.24) is 4.31 Å². The highest BCUT2D eigenvalue weighted by atomic mass is 32.2. The first-order valence-corrected chi connectivity index (χ1v) is 10.7. The number of aliphatic imine (C=N–C) groups is 1. The average molecular weight is 425 g/mol. The van der Waals surface area contributed by atoms with Gasteiger partial charge in [0, 0.05) is 25.8 Å². The van der Waals surface area contributed by atoms with E-state index in [4.69, 9.17) is 10.5 Å². The zero-order valence-corrected chi connectivity index (χ0v) is 17.6. The fraction of sp³-hybridized carbons (Fsp3) is 0.136. The Balaban J connectivity index is 1.72. The van der Waals surface area contributed by atoms with Crippen molar-refractivity contribution >= 4 is 21.7 Å². The van der Waals surface area contributed by atoms with Crippen LogP contribution in [-0.4, -0.2) is 32.8 Å². The molecule has 0 amide bonds. The standard InChI is InChI=1S/C22H24N4O3S/c1-26(2)30(27,28)21-14-7-6-9-17(21)16-24-22(23)25-18-10-8-13-20(15-18)29-19-11-4-3-5-12-19/h3-15H,16H2,1-2H3,(H3,23,24,25). The van der Waals surface area contributed by atoms with Gasteiger partial charge < -0.3 is 15.8 Å². The first kappa shape index (κ1) is 21.4. The van der Waals surface area contributed by atoms with E-state index in [0.717, 1.165) is 5.75 Å². The molecule has 0 aliphatic carbocycles. The predicted molar refractivity (Wildman–Crippen MR) is 119 cm³/mol. The number of anilines is 1. The summed E-state index contributed by atoms with van der Waals surface area (Å²) in [5, 5.41) is 3.01. The van der Waals surface area contributed by atoms with E-state index in [1.807, 2.05) is 48.5 Å². The molecule has 0 unspecified atom stereocenters. The minimum atomic E-state index is -3.56. The van der Waals surface area contributed by atoms with Crippen LogP contribution >= 0.6 is 0 Å². The Morgan fingerprint density at radius 3 is 2.37 bits per heavy atom. The molecule has 0 heterocycles. The Hall–Kier alpha value is -3.36. The van der Waals surface area contributed by atoms with Gasteiger partial charge in [-0.15, -0.1) is 0 Å². The summed E-state index contributed by atoms with van der Waals surface area (Å²) in [6.45, 7) is 0.127. The molecule has 156 valence electrons. The maximum absolute atomic E-state index is 12.5. The van der Waals surface area contributed by atoms with Gasteiger partial charge in [0.2, 0.25) is 10.0 Å². The molecule has 3 N–H and O–H groups in total. The quantitative estimate of drug-likeness (QED) is 0.446. The van der Waals surface area contributed by atoms with E-state index >= 15 is 0 Å². The van der Waals surface area contributed by atoms with E-state index in [9.17, 15) is 8.42 Å². The number of ether oxygens (including phenoxy) is 1. The van der Waals surface area contributed by atoms with Gasteiger partial charge in [0.05, 0.1) is 11.4 Å². The van der Waals surface area contributed by atoms with Crippen LogP contribution in [0.15, 0.2) is 88.8 Å². The van der Waals surface area contributed by atoms with Crippen LogP contribution in [0.2, 0.25) is 0 Å². The van der Waals surface area contributed by atoms with Gasteiger partial charge in [0.1, 0.15) is 11.5 Å². The van der Waals surface area contributed by atoms with Crippen LogP contribution in [0.3, 0.4) is 0 Å². The van der Waals surface area contributed by atoms with Gasteiger partial charge in [0.25, 0.3) is 0 Å². The average Bonchev–Trinajstić information content (AvgIpc) is 2.73. The normalized spacial score (nSPS) is 12.0. The number of nitrogens with one attached hydrogen (secondary N) is 1. The molecule has 30 heavy (non-hydrogen) atoms. The first-order chi connectivity index (χ1) is 14.4. The van der Waals surface area contributed by atoms with Crippen molar-refractivity contribution in [1.29, 1.82) is 0 Å². The van der Waals surface area contributed by atoms with Crippen molar-refractivity contribution in [2.24, 2.45) is 10.7 Å². The van der Waals surface area contributed by atoms with Gasteiger partial charge in [-0.2, -0.15) is 0 Å². The van der Waals surface area contributed by atoms with E-state index in [2.05, 4.69) is 10.3 Å². The molecule has 0 spiro atoms. The van der Waals surface area contributed by atoms with Crippen molar-refractivity contribution < 1.29 is 13.2 Å². The molecule has 0 aliphatic rings. The van der Waals surface area contributed by atoms with Crippen LogP contribution in [-0.2, 0) is 16.6 Å². The second-order valence-corrected chi connectivity index (χ2v) is 8.78. The zero-order chi connectivity index (χ0) is 21.6. The second-order valence-electron chi connectivity index (χ2n) is 6.66. The molecular formula is C22H24N4O3S. The van der Waals surface area contributed by atoms with Gasteiger partial charge in [-0.05, 0) is 35.9 Å². The number of benzene rings is 3. The minimum absolute atomic E-state index is 0.127. The lowest BCUT2D eigenvalue weighted by atomic mass is 10.2. The molecule has 3 rings (SSSR count). The third-order valence-electron chi connectivity index (χ3n) is 4.24. The maximum atomic E-state index is 12.5. The largest absolute Gasteiger partial charge is 0.457 e. The highest BCUT2D eigenvalue weighted by molar-refractivity contribution is 7.89. The fourth-order valence-electron chi connectivity index (χ4n) is 2.70. The molecule has 0 saturated heterocycles. The van der Waals surface area contributed by atoms with Crippen LogP contribution in [0.4, 0.5) is 5.69 Å². The number of hydrogen-bond donors (Lipinski definition) is 2. The van der Waals surface area contributed by atoms with E-state index in [0.29, 0.717) is 17.0 Å². The minimum Gasteiger partial charge on any atom is -0.457 e. The molecule has 3 aromatic rings. The summed E-state index contributed by atoms with van der Waals surface area (Å²) >= 11 is 0. The predicted octanol–water partition coefficient (Wildman–Crippen LogP) is 3.66. The Morgan fingerprint density at radius 2 is 1.63 bits per heavy atom. The first-order valence-electron chi connectivity index (χ1n) is 9.26. The summed E-state index contributed by atoms with van der Waals surface area (Å²) in [5.41, 5.74) is 7.29. The molecule has 3 aromatic carbocycles. The van der Waals surface area contributed by atoms with Crippen LogP contribution in [0.5, 0.6) is 11.5 Å². The van der Waals surface area contributed by atoms with Crippen LogP contribution in [0.25, 0.3) is 0 Å². The van der Waals surface area contributed by atoms with Crippen LogP contribution in [0, 0.1) is 0 Å². The van der Waals surface area contributed by atoms with E-state index in [-0.39, 0.29) is 17.4 Å². The molecule has 0 radical (unpaired) electrons. The topological polar surface area (TPSA) is 97.0 Å². The molecule has 0 atom stereocenters. The second kappa shape index (κ2) is 9.43.